The minimum atomic E-state index is -0.676. The number of benzene rings is 3. The van der Waals surface area contributed by atoms with Gasteiger partial charge in [0.15, 0.2) is 0 Å². The van der Waals surface area contributed by atoms with Gasteiger partial charge in [0.05, 0.1) is 11.6 Å². The van der Waals surface area contributed by atoms with Crippen LogP contribution in [0.25, 0.3) is 22.3 Å². The predicted octanol–water partition coefficient (Wildman–Crippen LogP) is 1.49. The molecule has 0 radical (unpaired) electrons. The second-order valence-electron chi connectivity index (χ2n) is 7.36. The van der Waals surface area contributed by atoms with Crippen molar-refractivity contribution in [1.82, 2.24) is 0 Å². The van der Waals surface area contributed by atoms with Gasteiger partial charge in [0, 0.05) is 0 Å². The Hall–Kier alpha value is -1.77. The van der Waals surface area contributed by atoms with Gasteiger partial charge in [-0.15, -0.1) is 47.5 Å². The summed E-state index contributed by atoms with van der Waals surface area (Å²) in [6.07, 6.45) is 0. The Bertz CT molecular complexity index is 1180. The summed E-state index contributed by atoms with van der Waals surface area (Å²) in [6.45, 7) is 0. The van der Waals surface area contributed by atoms with E-state index in [-0.39, 0.29) is 36.4 Å². The third-order valence-electron chi connectivity index (χ3n) is 4.85. The number of rotatable bonds is 3. The fourth-order valence-electron chi connectivity index (χ4n) is 3.16. The van der Waals surface area contributed by atoms with Gasteiger partial charge in [-0.3, -0.25) is 0 Å². The minimum absolute atomic E-state index is 0. The molecule has 0 saturated heterocycles. The van der Waals surface area contributed by atoms with Crippen molar-refractivity contribution in [2.75, 3.05) is 0 Å². The standard InChI is InChI=1S/2C11H8F.C7H8Ge.2ClH.Zr/c2*12-11-7-3-6-10(8-11)9-4-1-2-5-9;1-8-7-5-3-2-4-6-7;;;/h2*1-8H;2-6H,1H3;2*1H;/q2*-1;;;;+2/p-2. The summed E-state index contributed by atoms with van der Waals surface area (Å²) in [5.74, 6) is 2.04. The Kier molecular flexibility index (Phi) is 15.0. The summed E-state index contributed by atoms with van der Waals surface area (Å²) in [5, 5.41) is 0. The van der Waals surface area contributed by atoms with Gasteiger partial charge in [0.1, 0.15) is 0 Å². The Morgan fingerprint density at radius 2 is 0.971 bits per heavy atom. The summed E-state index contributed by atoms with van der Waals surface area (Å²) in [7, 11) is -0.676. The van der Waals surface area contributed by atoms with Crippen molar-refractivity contribution in [3.8, 4) is 22.3 Å². The van der Waals surface area contributed by atoms with Gasteiger partial charge in [0.2, 0.25) is 0 Å². The van der Waals surface area contributed by atoms with Gasteiger partial charge in [-0.2, -0.15) is 24.3 Å². The van der Waals surface area contributed by atoms with Gasteiger partial charge in [-0.05, 0) is 12.1 Å². The van der Waals surface area contributed by atoms with E-state index >= 15 is 0 Å². The van der Waals surface area contributed by atoms with Crippen molar-refractivity contribution in [1.29, 1.82) is 0 Å². The zero-order valence-electron chi connectivity index (χ0n) is 19.1. The van der Waals surface area contributed by atoms with Crippen molar-refractivity contribution in [2.45, 2.75) is 5.76 Å². The van der Waals surface area contributed by atoms with Crippen LogP contribution in [-0.4, -0.2) is 9.98 Å². The van der Waals surface area contributed by atoms with Gasteiger partial charge < -0.3 is 24.8 Å². The molecule has 0 amide bonds. The van der Waals surface area contributed by atoms with E-state index in [4.69, 9.17) is 0 Å². The zero-order valence-corrected chi connectivity index (χ0v) is 25.2. The summed E-state index contributed by atoms with van der Waals surface area (Å²) in [4.78, 5) is 0. The van der Waals surface area contributed by atoms with Crippen molar-refractivity contribution in [3.05, 3.63) is 139 Å². The van der Waals surface area contributed by atoms with E-state index in [1.54, 1.807) is 38.1 Å². The summed E-state index contributed by atoms with van der Waals surface area (Å²) < 4.78 is 27.1. The molecular weight excluding hydrogens is 621 g/mol. The number of halogens is 4. The van der Waals surface area contributed by atoms with Crippen molar-refractivity contribution in [3.63, 3.8) is 0 Å². The van der Waals surface area contributed by atoms with Crippen LogP contribution in [0.1, 0.15) is 0 Å². The van der Waals surface area contributed by atoms with E-state index < -0.39 is 9.98 Å². The molecule has 178 valence electrons. The van der Waals surface area contributed by atoms with E-state index in [0.717, 1.165) is 22.3 Å². The third-order valence-corrected chi connectivity index (χ3v) is 11.1. The van der Waals surface area contributed by atoms with Crippen LogP contribution in [0.2, 0.25) is 5.76 Å². The van der Waals surface area contributed by atoms with Crippen LogP contribution in [0.15, 0.2) is 127 Å². The molecule has 0 saturated carbocycles. The summed E-state index contributed by atoms with van der Waals surface area (Å²) in [5.41, 5.74) is 3.99. The van der Waals surface area contributed by atoms with E-state index in [1.807, 2.05) is 60.7 Å². The Balaban J connectivity index is 0.000000258. The van der Waals surface area contributed by atoms with Crippen LogP contribution >= 0.6 is 0 Å². The number of hydrogen-bond acceptors (Lipinski definition) is 0. The first-order chi connectivity index (χ1) is 16.0. The first-order valence-corrected chi connectivity index (χ1v) is 21.2. The third kappa shape index (κ3) is 10.8. The van der Waals surface area contributed by atoms with Gasteiger partial charge in [-0.1, -0.05) is 35.4 Å². The van der Waals surface area contributed by atoms with Crippen LogP contribution in [0.5, 0.6) is 0 Å². The molecule has 0 N–H and O–H groups in total. The maximum Gasteiger partial charge on any atom is -1.00 e. The first kappa shape index (κ1) is 31.3. The molecule has 5 rings (SSSR count). The van der Waals surface area contributed by atoms with Gasteiger partial charge in [-0.25, -0.2) is 8.78 Å². The monoisotopic (exact) mass is 644 g/mol. The van der Waals surface area contributed by atoms with Crippen LogP contribution in [-0.2, 0) is 21.6 Å². The SMILES string of the molecule is Fc1cccc(-[c-]2cccc2)c1.Fc1cccc(-[c-]2cccc2)c1.[CH3][Ge](=[Zr+2])[c]1ccccc1.[Cl-].[Cl-]. The molecule has 0 aromatic heterocycles. The molecular formula is C29H24Cl2F2GeZr-2. The quantitative estimate of drug-likeness (QED) is 0.206. The molecule has 5 aromatic carbocycles. The fraction of sp³-hybridized carbons (Fsp3) is 0.0345. The molecule has 0 aliphatic rings. The van der Waals surface area contributed by atoms with E-state index in [9.17, 15) is 8.78 Å². The maximum absolute atomic E-state index is 12.8. The van der Waals surface area contributed by atoms with Gasteiger partial charge >= 0.3 is 72.1 Å². The van der Waals surface area contributed by atoms with E-state index in [1.165, 1.54) is 24.3 Å². The molecule has 0 nitrogen and oxygen atoms in total. The molecule has 0 spiro atoms. The van der Waals surface area contributed by atoms with Gasteiger partial charge in [0.25, 0.3) is 0 Å². The molecule has 0 heterocycles. The van der Waals surface area contributed by atoms with E-state index in [0.29, 0.717) is 0 Å². The predicted molar refractivity (Wildman–Crippen MR) is 133 cm³/mol. The molecule has 5 aromatic rings. The van der Waals surface area contributed by atoms with Crippen LogP contribution < -0.4 is 29.2 Å². The summed E-state index contributed by atoms with van der Waals surface area (Å²) in [6, 6.07) is 39.7. The molecule has 0 unspecified atom stereocenters. The second-order valence-corrected chi connectivity index (χ2v) is 20.8. The van der Waals surface area contributed by atoms with Crippen molar-refractivity contribution >= 4 is 14.4 Å². The van der Waals surface area contributed by atoms with E-state index in [2.05, 4.69) is 36.1 Å². The largest absolute Gasteiger partial charge is 1.00 e. The number of hydrogen-bond donors (Lipinski definition) is 0. The molecule has 0 atom stereocenters. The summed E-state index contributed by atoms with van der Waals surface area (Å²) >= 11 is 1.76. The minimum Gasteiger partial charge on any atom is -1.00 e. The average molecular weight is 645 g/mol. The fourth-order valence-corrected chi connectivity index (χ4v) is 6.74. The zero-order chi connectivity index (χ0) is 23.5. The normalized spacial score (nSPS) is 9.29. The molecule has 35 heavy (non-hydrogen) atoms. The maximum atomic E-state index is 12.8. The average Bonchev–Trinajstić information content (AvgIpc) is 3.55. The smallest absolute Gasteiger partial charge is 1.00 e. The van der Waals surface area contributed by atoms with Crippen molar-refractivity contribution < 1.29 is 55.2 Å². The van der Waals surface area contributed by atoms with Crippen LogP contribution in [0.4, 0.5) is 8.78 Å². The Morgan fingerprint density at radius 1 is 0.571 bits per heavy atom. The topological polar surface area (TPSA) is 0 Å². The van der Waals surface area contributed by atoms with Crippen LogP contribution in [0, 0.1) is 11.6 Å². The van der Waals surface area contributed by atoms with Crippen molar-refractivity contribution in [2.24, 2.45) is 0 Å². The molecule has 0 fully saturated rings. The molecule has 0 bridgehead atoms. The first-order valence-electron chi connectivity index (χ1n) is 10.6. The van der Waals surface area contributed by atoms with Crippen LogP contribution in [0.3, 0.4) is 0 Å². The molecule has 0 aliphatic carbocycles. The molecule has 6 heteroatoms. The second kappa shape index (κ2) is 16.8. The molecule has 0 aliphatic heterocycles. The Labute approximate surface area is 234 Å². The Morgan fingerprint density at radius 3 is 1.29 bits per heavy atom.